The third-order valence-corrected chi connectivity index (χ3v) is 8.03. The Labute approximate surface area is 224 Å². The average Bonchev–Trinajstić information content (AvgIpc) is 3.74. The summed E-state index contributed by atoms with van der Waals surface area (Å²) in [6.07, 6.45) is 2.57. The van der Waals surface area contributed by atoms with E-state index in [0.29, 0.717) is 41.8 Å². The highest BCUT2D eigenvalue weighted by atomic mass is 19.1. The van der Waals surface area contributed by atoms with Crippen LogP contribution in [0.3, 0.4) is 0 Å². The van der Waals surface area contributed by atoms with Gasteiger partial charge in [-0.05, 0) is 67.5 Å². The molecule has 4 aliphatic rings. The van der Waals surface area contributed by atoms with Gasteiger partial charge in [-0.1, -0.05) is 6.07 Å². The molecule has 11 heteroatoms. The van der Waals surface area contributed by atoms with E-state index in [1.807, 2.05) is 0 Å². The van der Waals surface area contributed by atoms with Gasteiger partial charge in [-0.25, -0.2) is 18.9 Å². The van der Waals surface area contributed by atoms with E-state index in [4.69, 9.17) is 9.47 Å². The zero-order valence-electron chi connectivity index (χ0n) is 21.5. The minimum atomic E-state index is -1.51. The van der Waals surface area contributed by atoms with Crippen LogP contribution in [0.2, 0.25) is 0 Å². The summed E-state index contributed by atoms with van der Waals surface area (Å²) in [7, 11) is 1.51. The number of carbonyl (C=O) groups is 4. The number of carbonyl (C=O) groups excluding carboxylic acids is 4. The molecular formula is C28H29FN4O6. The second kappa shape index (κ2) is 9.55. The van der Waals surface area contributed by atoms with Crippen LogP contribution in [-0.2, 0) is 32.9 Å². The molecule has 0 bridgehead atoms. The van der Waals surface area contributed by atoms with E-state index in [1.54, 1.807) is 29.2 Å². The summed E-state index contributed by atoms with van der Waals surface area (Å²) >= 11 is 0. The van der Waals surface area contributed by atoms with Crippen molar-refractivity contribution in [1.82, 2.24) is 15.1 Å². The minimum Gasteiger partial charge on any atom is -0.491 e. The maximum absolute atomic E-state index is 14.0. The van der Waals surface area contributed by atoms with Crippen LogP contribution in [0.4, 0.5) is 19.7 Å². The molecule has 1 saturated carbocycles. The number of fused-ring (bicyclic) bond motifs is 3. The van der Waals surface area contributed by atoms with Crippen molar-refractivity contribution in [2.45, 2.75) is 50.3 Å². The van der Waals surface area contributed by atoms with E-state index in [0.717, 1.165) is 23.3 Å². The number of anilines is 1. The number of imide groups is 1. The highest BCUT2D eigenvalue weighted by Gasteiger charge is 2.57. The van der Waals surface area contributed by atoms with E-state index in [1.165, 1.54) is 19.2 Å². The number of hydrogen-bond donors (Lipinski definition) is 2. The number of hydrogen-bond acceptors (Lipinski definition) is 6. The fourth-order valence-electron chi connectivity index (χ4n) is 5.89. The number of halogens is 1. The molecule has 2 heterocycles. The Hall–Kier alpha value is -4.15. The zero-order valence-corrected chi connectivity index (χ0v) is 21.5. The van der Waals surface area contributed by atoms with E-state index in [-0.39, 0.29) is 31.1 Å². The van der Waals surface area contributed by atoms with Crippen molar-refractivity contribution in [2.24, 2.45) is 5.92 Å². The molecule has 204 valence electrons. The molecule has 5 amide bonds. The SMILES string of the molecule is CNC(=O)Nc1ccc2c(c1)CCC[C@@]21OC(=O)N(CC(=O)N2Cc3cc(F)ccc3OC[C@H]2C2CC2)C1=O. The Morgan fingerprint density at radius 3 is 2.72 bits per heavy atom. The molecule has 1 saturated heterocycles. The lowest BCUT2D eigenvalue weighted by atomic mass is 9.78. The maximum Gasteiger partial charge on any atom is 0.418 e. The summed E-state index contributed by atoms with van der Waals surface area (Å²) in [6.45, 7) is -0.0879. The molecule has 2 N–H and O–H groups in total. The molecule has 2 aromatic rings. The maximum atomic E-state index is 14.0. The van der Waals surface area contributed by atoms with Gasteiger partial charge in [-0.3, -0.25) is 9.59 Å². The molecule has 0 aromatic heterocycles. The van der Waals surface area contributed by atoms with Crippen LogP contribution in [0.5, 0.6) is 5.75 Å². The number of aryl methyl sites for hydroxylation is 1. The number of nitrogens with zero attached hydrogens (tertiary/aromatic N) is 2. The largest absolute Gasteiger partial charge is 0.491 e. The Bertz CT molecular complexity index is 1380. The summed E-state index contributed by atoms with van der Waals surface area (Å²) in [5.74, 6) is -0.648. The van der Waals surface area contributed by atoms with Crippen LogP contribution in [0.1, 0.15) is 42.4 Å². The quantitative estimate of drug-likeness (QED) is 0.620. The van der Waals surface area contributed by atoms with E-state index in [9.17, 15) is 23.6 Å². The summed E-state index contributed by atoms with van der Waals surface area (Å²) in [4.78, 5) is 54.7. The Kier molecular flexibility index (Phi) is 6.16. The monoisotopic (exact) mass is 536 g/mol. The van der Waals surface area contributed by atoms with Gasteiger partial charge in [0.15, 0.2) is 0 Å². The van der Waals surface area contributed by atoms with Gasteiger partial charge >= 0.3 is 12.1 Å². The van der Waals surface area contributed by atoms with E-state index in [2.05, 4.69) is 10.6 Å². The van der Waals surface area contributed by atoms with Crippen LogP contribution in [0, 0.1) is 11.7 Å². The molecule has 2 aliphatic heterocycles. The van der Waals surface area contributed by atoms with Crippen LogP contribution in [0.25, 0.3) is 0 Å². The second-order valence-electron chi connectivity index (χ2n) is 10.5. The van der Waals surface area contributed by atoms with E-state index >= 15 is 0 Å². The summed E-state index contributed by atoms with van der Waals surface area (Å²) in [6, 6.07) is 8.74. The average molecular weight is 537 g/mol. The molecule has 1 spiro atoms. The molecule has 2 aliphatic carbocycles. The molecule has 2 fully saturated rings. The lowest BCUT2D eigenvalue weighted by Gasteiger charge is -2.32. The smallest absolute Gasteiger partial charge is 0.418 e. The third kappa shape index (κ3) is 4.45. The number of amides is 5. The number of benzene rings is 2. The fourth-order valence-corrected chi connectivity index (χ4v) is 5.89. The van der Waals surface area contributed by atoms with Gasteiger partial charge in [-0.15, -0.1) is 0 Å². The molecule has 0 radical (unpaired) electrons. The van der Waals surface area contributed by atoms with Crippen LogP contribution in [-0.4, -0.2) is 60.0 Å². The van der Waals surface area contributed by atoms with Crippen molar-refractivity contribution in [3.63, 3.8) is 0 Å². The predicted molar refractivity (Wildman–Crippen MR) is 136 cm³/mol. The third-order valence-electron chi connectivity index (χ3n) is 8.03. The minimum absolute atomic E-state index is 0.124. The van der Waals surface area contributed by atoms with Gasteiger partial charge in [0.05, 0.1) is 6.04 Å². The van der Waals surface area contributed by atoms with Gasteiger partial charge in [0.2, 0.25) is 11.5 Å². The van der Waals surface area contributed by atoms with Crippen molar-refractivity contribution in [3.05, 3.63) is 58.9 Å². The Morgan fingerprint density at radius 2 is 1.95 bits per heavy atom. The topological polar surface area (TPSA) is 117 Å². The lowest BCUT2D eigenvalue weighted by molar-refractivity contribution is -0.144. The first kappa shape index (κ1) is 25.1. The van der Waals surface area contributed by atoms with Crippen LogP contribution >= 0.6 is 0 Å². The van der Waals surface area contributed by atoms with Crippen molar-refractivity contribution < 1.29 is 33.0 Å². The summed E-state index contributed by atoms with van der Waals surface area (Å²) in [5.41, 5.74) is 0.944. The van der Waals surface area contributed by atoms with Crippen LogP contribution < -0.4 is 15.4 Å². The van der Waals surface area contributed by atoms with E-state index < -0.39 is 35.9 Å². The van der Waals surface area contributed by atoms with Crippen molar-refractivity contribution in [1.29, 1.82) is 0 Å². The van der Waals surface area contributed by atoms with Crippen molar-refractivity contribution >= 4 is 29.6 Å². The normalized spacial score (nSPS) is 23.9. The summed E-state index contributed by atoms with van der Waals surface area (Å²) < 4.78 is 25.7. The van der Waals surface area contributed by atoms with Gasteiger partial charge in [0, 0.05) is 36.8 Å². The highest BCUT2D eigenvalue weighted by Crippen LogP contribution is 2.45. The molecule has 2 atom stereocenters. The summed E-state index contributed by atoms with van der Waals surface area (Å²) in [5, 5.41) is 5.20. The van der Waals surface area contributed by atoms with Crippen molar-refractivity contribution in [3.8, 4) is 5.75 Å². The number of nitrogens with one attached hydrogen (secondary N) is 2. The molecule has 0 unspecified atom stereocenters. The van der Waals surface area contributed by atoms with Gasteiger partial charge < -0.3 is 25.0 Å². The van der Waals surface area contributed by atoms with Crippen LogP contribution in [0.15, 0.2) is 36.4 Å². The highest BCUT2D eigenvalue weighted by molar-refractivity contribution is 6.06. The van der Waals surface area contributed by atoms with Gasteiger partial charge in [-0.2, -0.15) is 0 Å². The predicted octanol–water partition coefficient (Wildman–Crippen LogP) is 3.29. The fraction of sp³-hybridized carbons (Fsp3) is 0.429. The zero-order chi connectivity index (χ0) is 27.3. The molecule has 2 aromatic carbocycles. The number of rotatable bonds is 4. The standard InChI is InChI=1S/C28H29FN4O6/c1-30-26(36)31-20-7-8-21-17(12-20)3-2-10-28(21)25(35)33(27(37)39-28)14-24(34)32-13-18-11-19(29)6-9-23(18)38-15-22(32)16-4-5-16/h6-9,11-12,16,22H,2-5,10,13-15H2,1H3,(H2,30,31,36)/t22-,28+/m0/s1. The Balaban J connectivity index is 1.25. The number of ether oxygens (including phenoxy) is 2. The first-order chi connectivity index (χ1) is 18.8. The second-order valence-corrected chi connectivity index (χ2v) is 10.5. The molecule has 6 rings (SSSR count). The van der Waals surface area contributed by atoms with Gasteiger partial charge in [0.25, 0.3) is 5.91 Å². The molecule has 39 heavy (non-hydrogen) atoms. The number of urea groups is 1. The first-order valence-corrected chi connectivity index (χ1v) is 13.2. The van der Waals surface area contributed by atoms with Gasteiger partial charge in [0.1, 0.15) is 24.7 Å². The molecular weight excluding hydrogens is 507 g/mol. The first-order valence-electron chi connectivity index (χ1n) is 13.2. The van der Waals surface area contributed by atoms with Crippen molar-refractivity contribution in [2.75, 3.05) is 25.5 Å². The Morgan fingerprint density at radius 1 is 1.13 bits per heavy atom. The molecule has 10 nitrogen and oxygen atoms in total. The lowest BCUT2D eigenvalue weighted by Crippen LogP contribution is -2.49.